The fourth-order valence-corrected chi connectivity index (χ4v) is 3.06. The Morgan fingerprint density at radius 2 is 1.85 bits per heavy atom. The fraction of sp³-hybridized carbons (Fsp3) is 0.280. The molecule has 0 radical (unpaired) electrons. The molecule has 2 amide bonds. The quantitative estimate of drug-likeness (QED) is 0.306. The predicted octanol–water partition coefficient (Wildman–Crippen LogP) is 4.68. The number of carbonyl (C=O) groups is 2. The zero-order valence-electron chi connectivity index (χ0n) is 19.3. The average Bonchev–Trinajstić information content (AvgIpc) is 2.76. The van der Waals surface area contributed by atoms with Gasteiger partial charge in [-0.25, -0.2) is 4.79 Å². The number of benzene rings is 2. The summed E-state index contributed by atoms with van der Waals surface area (Å²) in [5.41, 5.74) is 4.21. The first-order chi connectivity index (χ1) is 15.7. The number of phenols is 1. The Labute approximate surface area is 193 Å². The largest absolute Gasteiger partial charge is 0.508 e. The maximum Gasteiger partial charge on any atom is 0.405 e. The van der Waals surface area contributed by atoms with E-state index in [0.29, 0.717) is 30.2 Å². The second-order valence-corrected chi connectivity index (χ2v) is 7.43. The number of hydrogen-bond acceptors (Lipinski definition) is 5. The summed E-state index contributed by atoms with van der Waals surface area (Å²) in [7, 11) is 1.48. The van der Waals surface area contributed by atoms with Crippen LogP contribution in [0, 0.1) is 0 Å². The summed E-state index contributed by atoms with van der Waals surface area (Å²) < 4.78 is 11.1. The maximum atomic E-state index is 11.9. The molecule has 8 heteroatoms. The van der Waals surface area contributed by atoms with Crippen LogP contribution in [-0.4, -0.2) is 42.5 Å². The van der Waals surface area contributed by atoms with Gasteiger partial charge in [0.2, 0.25) is 5.91 Å². The molecule has 0 unspecified atom stereocenters. The van der Waals surface area contributed by atoms with Gasteiger partial charge in [-0.1, -0.05) is 29.9 Å². The van der Waals surface area contributed by atoms with Crippen molar-refractivity contribution in [1.29, 1.82) is 0 Å². The molecule has 33 heavy (non-hydrogen) atoms. The summed E-state index contributed by atoms with van der Waals surface area (Å²) in [5, 5.41) is 23.4. The third kappa shape index (κ3) is 7.92. The van der Waals surface area contributed by atoms with Crippen LogP contribution in [0.3, 0.4) is 0 Å². The van der Waals surface area contributed by atoms with Crippen LogP contribution in [0.4, 0.5) is 10.5 Å². The highest BCUT2D eigenvalue weighted by atomic mass is 16.5. The Hall–Kier alpha value is -3.94. The smallest absolute Gasteiger partial charge is 0.405 e. The van der Waals surface area contributed by atoms with Crippen molar-refractivity contribution in [3.63, 3.8) is 0 Å². The highest BCUT2D eigenvalue weighted by molar-refractivity contribution is 5.95. The van der Waals surface area contributed by atoms with Gasteiger partial charge in [0.15, 0.2) is 0 Å². The van der Waals surface area contributed by atoms with E-state index in [1.54, 1.807) is 30.3 Å². The molecule has 0 atom stereocenters. The molecule has 2 rings (SSSR count). The molecule has 2 aromatic rings. The first-order valence-corrected chi connectivity index (χ1v) is 10.5. The Kier molecular flexibility index (Phi) is 9.35. The van der Waals surface area contributed by atoms with E-state index in [4.69, 9.17) is 14.6 Å². The van der Waals surface area contributed by atoms with E-state index in [1.807, 2.05) is 38.2 Å². The summed E-state index contributed by atoms with van der Waals surface area (Å²) >= 11 is 0. The van der Waals surface area contributed by atoms with Crippen LogP contribution < -0.4 is 20.1 Å². The van der Waals surface area contributed by atoms with E-state index < -0.39 is 12.0 Å². The van der Waals surface area contributed by atoms with E-state index >= 15 is 0 Å². The van der Waals surface area contributed by atoms with Gasteiger partial charge in [0.1, 0.15) is 23.8 Å². The van der Waals surface area contributed by atoms with Crippen molar-refractivity contribution in [2.75, 3.05) is 25.6 Å². The molecule has 0 saturated carbocycles. The molecule has 8 nitrogen and oxygen atoms in total. The number of ether oxygens (including phenoxy) is 2. The summed E-state index contributed by atoms with van der Waals surface area (Å²) in [4.78, 5) is 22.4. The topological polar surface area (TPSA) is 117 Å². The van der Waals surface area contributed by atoms with Crippen molar-refractivity contribution >= 4 is 29.8 Å². The predicted molar refractivity (Wildman–Crippen MR) is 129 cm³/mol. The van der Waals surface area contributed by atoms with Gasteiger partial charge in [-0.2, -0.15) is 0 Å². The molecule has 0 saturated heterocycles. The number of rotatable bonds is 10. The minimum atomic E-state index is -1.28. The molecule has 2 aromatic carbocycles. The van der Waals surface area contributed by atoms with E-state index in [9.17, 15) is 14.7 Å². The van der Waals surface area contributed by atoms with Crippen molar-refractivity contribution in [1.82, 2.24) is 5.32 Å². The van der Waals surface area contributed by atoms with Gasteiger partial charge in [0.25, 0.3) is 0 Å². The second-order valence-electron chi connectivity index (χ2n) is 7.43. The van der Waals surface area contributed by atoms with Gasteiger partial charge >= 0.3 is 6.09 Å². The average molecular weight is 455 g/mol. The van der Waals surface area contributed by atoms with E-state index in [1.165, 1.54) is 12.7 Å². The van der Waals surface area contributed by atoms with Crippen molar-refractivity contribution in [3.8, 4) is 17.2 Å². The number of phenolic OH excluding ortho intramolecular Hbond substituents is 1. The molecule has 0 aliphatic heterocycles. The zero-order chi connectivity index (χ0) is 24.4. The molecule has 0 spiro atoms. The number of methoxy groups -OCH3 is 1. The summed E-state index contributed by atoms with van der Waals surface area (Å²) in [6.07, 6.45) is 5.25. The third-order valence-electron chi connectivity index (χ3n) is 4.60. The number of aromatic hydroxyl groups is 1. The molecule has 176 valence electrons. The van der Waals surface area contributed by atoms with Gasteiger partial charge in [-0.15, -0.1) is 0 Å². The number of allylic oxidation sites excluding steroid dienone is 2. The molecule has 0 heterocycles. The van der Waals surface area contributed by atoms with Crippen molar-refractivity contribution < 1.29 is 29.3 Å². The lowest BCUT2D eigenvalue weighted by Gasteiger charge is -2.13. The van der Waals surface area contributed by atoms with Gasteiger partial charge < -0.3 is 30.3 Å². The Morgan fingerprint density at radius 3 is 2.48 bits per heavy atom. The maximum absolute atomic E-state index is 11.9. The first-order valence-electron chi connectivity index (χ1n) is 10.5. The summed E-state index contributed by atoms with van der Waals surface area (Å²) in [6.45, 7) is 6.07. The molecular weight excluding hydrogens is 424 g/mol. The van der Waals surface area contributed by atoms with Crippen LogP contribution in [-0.2, 0) is 11.2 Å². The molecule has 0 bridgehead atoms. The summed E-state index contributed by atoms with van der Waals surface area (Å²) in [6, 6.07) is 8.53. The lowest BCUT2D eigenvalue weighted by atomic mass is 10.00. The summed E-state index contributed by atoms with van der Waals surface area (Å²) in [5.74, 6) is 0.674. The van der Waals surface area contributed by atoms with Gasteiger partial charge in [0, 0.05) is 11.6 Å². The van der Waals surface area contributed by atoms with Crippen LogP contribution in [0.25, 0.3) is 12.2 Å². The lowest BCUT2D eigenvalue weighted by molar-refractivity contribution is -0.115. The van der Waals surface area contributed by atoms with Crippen LogP contribution in [0.2, 0.25) is 0 Å². The standard InChI is InChI=1S/C25H30N2O6/c1-5-33-22-14-19(28)13-18(20(22)10-6-16(2)3)9-7-17-8-11-21(23(12-17)32-4)27-24(29)15-26-25(30)31/h6-9,11-14,26,28H,5,10,15H2,1-4H3,(H,27,29)(H,30,31). The minimum Gasteiger partial charge on any atom is -0.508 e. The highest BCUT2D eigenvalue weighted by Crippen LogP contribution is 2.32. The highest BCUT2D eigenvalue weighted by Gasteiger charge is 2.11. The Bertz CT molecular complexity index is 1060. The third-order valence-corrected chi connectivity index (χ3v) is 4.60. The van der Waals surface area contributed by atoms with Crippen molar-refractivity contribution in [2.24, 2.45) is 0 Å². The van der Waals surface area contributed by atoms with Crippen LogP contribution >= 0.6 is 0 Å². The Balaban J connectivity index is 2.32. The zero-order valence-corrected chi connectivity index (χ0v) is 19.3. The number of carbonyl (C=O) groups excluding carboxylic acids is 1. The molecular formula is C25H30N2O6. The van der Waals surface area contributed by atoms with E-state index in [2.05, 4.69) is 11.4 Å². The first kappa shape index (κ1) is 25.3. The lowest BCUT2D eigenvalue weighted by Crippen LogP contribution is -2.31. The van der Waals surface area contributed by atoms with Gasteiger partial charge in [-0.05, 0) is 56.5 Å². The van der Waals surface area contributed by atoms with Crippen LogP contribution in [0.15, 0.2) is 42.0 Å². The number of anilines is 1. The number of amides is 2. The van der Waals surface area contributed by atoms with Crippen LogP contribution in [0.1, 0.15) is 37.5 Å². The van der Waals surface area contributed by atoms with Crippen molar-refractivity contribution in [2.45, 2.75) is 27.2 Å². The number of carboxylic acid groups (broad SMARTS) is 1. The minimum absolute atomic E-state index is 0.115. The number of hydrogen-bond donors (Lipinski definition) is 4. The fourth-order valence-electron chi connectivity index (χ4n) is 3.06. The van der Waals surface area contributed by atoms with Crippen LogP contribution in [0.5, 0.6) is 17.2 Å². The van der Waals surface area contributed by atoms with Gasteiger partial charge in [-0.3, -0.25) is 4.79 Å². The normalized spacial score (nSPS) is 10.5. The molecule has 0 fully saturated rings. The monoisotopic (exact) mass is 454 g/mol. The SMILES string of the molecule is CCOc1cc(O)cc(C=Cc2ccc(NC(=O)CNC(=O)O)c(OC)c2)c1CC=C(C)C. The second kappa shape index (κ2) is 12.2. The number of nitrogens with one attached hydrogen (secondary N) is 2. The Morgan fingerprint density at radius 1 is 1.09 bits per heavy atom. The molecule has 0 aliphatic carbocycles. The molecule has 0 aliphatic rings. The molecule has 0 aromatic heterocycles. The van der Waals surface area contributed by atoms with Gasteiger partial charge in [0.05, 0.1) is 19.4 Å². The molecule has 4 N–H and O–H groups in total. The van der Waals surface area contributed by atoms with Crippen molar-refractivity contribution in [3.05, 3.63) is 58.7 Å². The van der Waals surface area contributed by atoms with E-state index in [0.717, 1.165) is 16.7 Å². The van der Waals surface area contributed by atoms with E-state index in [-0.39, 0.29) is 12.3 Å².